The number of hydrogen-bond donors (Lipinski definition) is 1. The van der Waals surface area contributed by atoms with Gasteiger partial charge in [-0.05, 0) is 90.3 Å². The molecule has 0 unspecified atom stereocenters. The van der Waals surface area contributed by atoms with Gasteiger partial charge in [0.2, 0.25) is 15.9 Å². The summed E-state index contributed by atoms with van der Waals surface area (Å²) < 4.78 is 66.8. The minimum absolute atomic E-state index is 0.00219. The van der Waals surface area contributed by atoms with E-state index >= 15 is 0 Å². The molecule has 42 heavy (non-hydrogen) atoms. The second kappa shape index (κ2) is 13.9. The molecule has 0 aromatic heterocycles. The Labute approximate surface area is 255 Å². The van der Waals surface area contributed by atoms with Crippen molar-refractivity contribution in [2.45, 2.75) is 36.0 Å². The molecular weight excluding hydrogens is 646 g/mol. The summed E-state index contributed by atoms with van der Waals surface area (Å²) in [5.74, 6) is 0.418. The molecule has 0 bridgehead atoms. The minimum Gasteiger partial charge on any atom is -0.496 e. The third-order valence-corrected chi connectivity index (χ3v) is 11.1. The summed E-state index contributed by atoms with van der Waals surface area (Å²) in [5.41, 5.74) is 1.29. The molecule has 1 fully saturated rings. The van der Waals surface area contributed by atoms with E-state index in [9.17, 15) is 21.6 Å². The molecule has 1 aliphatic heterocycles. The lowest BCUT2D eigenvalue weighted by Crippen LogP contribution is -2.42. The summed E-state index contributed by atoms with van der Waals surface area (Å²) in [6, 6.07) is 17.4. The van der Waals surface area contributed by atoms with Crippen LogP contribution in [0.15, 0.2) is 81.0 Å². The summed E-state index contributed by atoms with van der Waals surface area (Å²) in [6.07, 6.45) is 2.76. The highest BCUT2D eigenvalue weighted by Gasteiger charge is 2.28. The molecule has 0 radical (unpaired) electrons. The van der Waals surface area contributed by atoms with Gasteiger partial charge in [0.25, 0.3) is 10.0 Å². The van der Waals surface area contributed by atoms with Gasteiger partial charge in [0.1, 0.15) is 24.7 Å². The SMILES string of the molecule is COc1ccc(S(=O)(=O)N(CC(=O)NCCOc2ccc(S(=O)(=O)N3CCCCC3)cc2)c2ccc(C)cc2)cc1Br. The number of methoxy groups -OCH3 is 1. The first-order valence-corrected chi connectivity index (χ1v) is 17.1. The Morgan fingerprint density at radius 2 is 1.57 bits per heavy atom. The molecule has 1 amide bonds. The molecule has 0 atom stereocenters. The fraction of sp³-hybridized carbons (Fsp3) is 0.345. The van der Waals surface area contributed by atoms with Gasteiger partial charge in [-0.3, -0.25) is 9.10 Å². The van der Waals surface area contributed by atoms with Crippen LogP contribution in [0.2, 0.25) is 0 Å². The maximum absolute atomic E-state index is 13.6. The average molecular weight is 681 g/mol. The zero-order chi connectivity index (χ0) is 30.3. The Bertz CT molecular complexity index is 1590. The number of carbonyl (C=O) groups is 1. The predicted octanol–water partition coefficient (Wildman–Crippen LogP) is 4.33. The molecule has 3 aromatic rings. The van der Waals surface area contributed by atoms with E-state index in [2.05, 4.69) is 21.2 Å². The van der Waals surface area contributed by atoms with Crippen molar-refractivity contribution in [3.05, 3.63) is 76.8 Å². The van der Waals surface area contributed by atoms with Gasteiger partial charge in [-0.25, -0.2) is 16.8 Å². The van der Waals surface area contributed by atoms with Crippen molar-refractivity contribution in [3.63, 3.8) is 0 Å². The zero-order valence-electron chi connectivity index (χ0n) is 23.5. The van der Waals surface area contributed by atoms with Crippen LogP contribution in [-0.2, 0) is 24.8 Å². The lowest BCUT2D eigenvalue weighted by molar-refractivity contribution is -0.119. The zero-order valence-corrected chi connectivity index (χ0v) is 26.7. The van der Waals surface area contributed by atoms with Crippen molar-refractivity contribution in [2.24, 2.45) is 0 Å². The van der Waals surface area contributed by atoms with E-state index in [0.717, 1.165) is 29.1 Å². The van der Waals surface area contributed by atoms with Gasteiger partial charge < -0.3 is 14.8 Å². The predicted molar refractivity (Wildman–Crippen MR) is 164 cm³/mol. The summed E-state index contributed by atoms with van der Waals surface area (Å²) in [5, 5.41) is 2.69. The van der Waals surface area contributed by atoms with Crippen LogP contribution < -0.4 is 19.1 Å². The monoisotopic (exact) mass is 679 g/mol. The molecule has 1 saturated heterocycles. The number of anilines is 1. The molecule has 4 rings (SSSR count). The molecule has 10 nitrogen and oxygen atoms in total. The van der Waals surface area contributed by atoms with E-state index in [1.54, 1.807) is 36.4 Å². The second-order valence-electron chi connectivity index (χ2n) is 9.78. The summed E-state index contributed by atoms with van der Waals surface area (Å²) in [4.78, 5) is 13.1. The van der Waals surface area contributed by atoms with Gasteiger partial charge in [-0.15, -0.1) is 0 Å². The minimum atomic E-state index is -4.10. The van der Waals surface area contributed by atoms with Crippen LogP contribution in [0, 0.1) is 6.92 Å². The standard InChI is InChI=1S/C29H34BrN3O7S2/c1-22-6-8-23(9-7-22)33(42(37,38)26-14-15-28(39-2)27(30)20-26)21-29(34)31-16-19-40-24-10-12-25(13-11-24)41(35,36)32-17-4-3-5-18-32/h6-15,20H,3-5,16-19,21H2,1-2H3,(H,31,34). The molecule has 3 aromatic carbocycles. The molecule has 226 valence electrons. The van der Waals surface area contributed by atoms with Crippen LogP contribution in [0.25, 0.3) is 0 Å². The molecule has 13 heteroatoms. The highest BCUT2D eigenvalue weighted by Crippen LogP contribution is 2.31. The quantitative estimate of drug-likeness (QED) is 0.283. The van der Waals surface area contributed by atoms with Gasteiger partial charge in [-0.1, -0.05) is 24.1 Å². The van der Waals surface area contributed by atoms with E-state index in [4.69, 9.17) is 9.47 Å². The van der Waals surface area contributed by atoms with E-state index < -0.39 is 32.5 Å². The second-order valence-corrected chi connectivity index (χ2v) is 14.4. The van der Waals surface area contributed by atoms with Crippen LogP contribution in [-0.4, -0.2) is 66.9 Å². The molecule has 0 spiro atoms. The Morgan fingerprint density at radius 1 is 0.929 bits per heavy atom. The number of nitrogens with zero attached hydrogens (tertiary/aromatic N) is 2. The van der Waals surface area contributed by atoms with Crippen LogP contribution in [0.5, 0.6) is 11.5 Å². The fourth-order valence-electron chi connectivity index (χ4n) is 4.47. The molecular formula is C29H34BrN3O7S2. The third kappa shape index (κ3) is 7.63. The number of benzene rings is 3. The summed E-state index contributed by atoms with van der Waals surface area (Å²) in [6.45, 7) is 2.71. The van der Waals surface area contributed by atoms with Crippen molar-refractivity contribution in [1.29, 1.82) is 0 Å². The first-order chi connectivity index (χ1) is 20.0. The topological polar surface area (TPSA) is 122 Å². The van der Waals surface area contributed by atoms with Gasteiger partial charge in [-0.2, -0.15) is 4.31 Å². The van der Waals surface area contributed by atoms with Crippen molar-refractivity contribution in [2.75, 3.05) is 44.2 Å². The number of aryl methyl sites for hydroxylation is 1. The maximum Gasteiger partial charge on any atom is 0.264 e. The van der Waals surface area contributed by atoms with Gasteiger partial charge in [0.15, 0.2) is 0 Å². The normalized spacial score (nSPS) is 14.3. The molecule has 1 N–H and O–H groups in total. The first kappa shape index (κ1) is 31.8. The van der Waals surface area contributed by atoms with Crippen LogP contribution in [0.4, 0.5) is 5.69 Å². The van der Waals surface area contributed by atoms with Gasteiger partial charge in [0.05, 0.1) is 33.6 Å². The Kier molecular flexibility index (Phi) is 10.5. The number of nitrogens with one attached hydrogen (secondary N) is 1. The number of halogens is 1. The number of sulfonamides is 2. The summed E-state index contributed by atoms with van der Waals surface area (Å²) in [7, 11) is -6.15. The van der Waals surface area contributed by atoms with E-state index in [-0.39, 0.29) is 22.9 Å². The van der Waals surface area contributed by atoms with Crippen LogP contribution in [0.3, 0.4) is 0 Å². The lowest BCUT2D eigenvalue weighted by atomic mass is 10.2. The number of ether oxygens (including phenoxy) is 2. The van der Waals surface area contributed by atoms with E-state index in [1.165, 1.54) is 41.7 Å². The molecule has 0 saturated carbocycles. The Balaban J connectivity index is 1.37. The Morgan fingerprint density at radius 3 is 2.19 bits per heavy atom. The largest absolute Gasteiger partial charge is 0.496 e. The summed E-state index contributed by atoms with van der Waals surface area (Å²) >= 11 is 3.33. The van der Waals surface area contributed by atoms with E-state index in [0.29, 0.717) is 34.7 Å². The number of rotatable bonds is 12. The number of amides is 1. The van der Waals surface area contributed by atoms with Gasteiger partial charge in [0, 0.05) is 13.1 Å². The van der Waals surface area contributed by atoms with Crippen LogP contribution >= 0.6 is 15.9 Å². The average Bonchev–Trinajstić information content (AvgIpc) is 2.99. The number of carbonyl (C=O) groups excluding carboxylic acids is 1. The molecule has 0 aliphatic carbocycles. The van der Waals surface area contributed by atoms with Crippen molar-refractivity contribution in [3.8, 4) is 11.5 Å². The van der Waals surface area contributed by atoms with Crippen molar-refractivity contribution < 1.29 is 31.1 Å². The van der Waals surface area contributed by atoms with Crippen molar-refractivity contribution in [1.82, 2.24) is 9.62 Å². The van der Waals surface area contributed by atoms with Gasteiger partial charge >= 0.3 is 0 Å². The molecule has 1 aliphatic rings. The lowest BCUT2D eigenvalue weighted by Gasteiger charge is -2.25. The number of piperidine rings is 1. The third-order valence-electron chi connectivity index (χ3n) is 6.79. The first-order valence-electron chi connectivity index (χ1n) is 13.4. The smallest absolute Gasteiger partial charge is 0.264 e. The highest BCUT2D eigenvalue weighted by atomic mass is 79.9. The maximum atomic E-state index is 13.6. The Hall–Kier alpha value is -3.13. The highest BCUT2D eigenvalue weighted by molar-refractivity contribution is 9.10. The van der Waals surface area contributed by atoms with E-state index in [1.807, 2.05) is 6.92 Å². The number of hydrogen-bond acceptors (Lipinski definition) is 7. The van der Waals surface area contributed by atoms with Crippen molar-refractivity contribution >= 4 is 47.6 Å². The fourth-order valence-corrected chi connectivity index (χ4v) is 8.13. The molecule has 1 heterocycles. The van der Waals surface area contributed by atoms with Crippen LogP contribution in [0.1, 0.15) is 24.8 Å².